The summed E-state index contributed by atoms with van der Waals surface area (Å²) in [5.41, 5.74) is 2.43. The van der Waals surface area contributed by atoms with Gasteiger partial charge in [-0.3, -0.25) is 0 Å². The van der Waals surface area contributed by atoms with E-state index in [0.29, 0.717) is 17.0 Å². The van der Waals surface area contributed by atoms with Crippen LogP contribution >= 0.6 is 0 Å². The number of allylic oxidation sites excluding steroid dienone is 5. The Balaban J connectivity index is 2.53. The van der Waals surface area contributed by atoms with Gasteiger partial charge >= 0.3 is 0 Å². The molecule has 1 aliphatic rings. The number of hydrogen-bond donors (Lipinski definition) is 1. The van der Waals surface area contributed by atoms with Crippen LogP contribution in [-0.2, 0) is 4.74 Å². The van der Waals surface area contributed by atoms with Crippen molar-refractivity contribution in [2.45, 2.75) is 0 Å². The number of nitrogens with zero attached hydrogens (tertiary/aromatic N) is 2. The minimum atomic E-state index is 0.330. The van der Waals surface area contributed by atoms with E-state index >= 15 is 0 Å². The molecule has 1 aliphatic carbocycles. The van der Waals surface area contributed by atoms with Crippen molar-refractivity contribution in [1.29, 1.82) is 5.26 Å². The Hall–Kier alpha value is -2.80. The van der Waals surface area contributed by atoms with Gasteiger partial charge in [0.2, 0.25) is 0 Å². The molecule has 0 unspecified atom stereocenters. The van der Waals surface area contributed by atoms with Crippen LogP contribution in [-0.4, -0.2) is 18.0 Å². The molecule has 0 fully saturated rings. The molecule has 0 heterocycles. The van der Waals surface area contributed by atoms with Crippen LogP contribution in [0.3, 0.4) is 0 Å². The van der Waals surface area contributed by atoms with Gasteiger partial charge in [0, 0.05) is 0 Å². The predicted octanol–water partition coefficient (Wildman–Crippen LogP) is 2.89. The van der Waals surface area contributed by atoms with Crippen LogP contribution in [0.15, 0.2) is 65.0 Å². The van der Waals surface area contributed by atoms with Crippen LogP contribution in [0.2, 0.25) is 0 Å². The third kappa shape index (κ3) is 2.55. The SMILES string of the molecule is COC1=CC(=C(C#N)c2ccccc2)C=C/C1=N/O. The molecule has 0 atom stereocenters. The van der Waals surface area contributed by atoms with Crippen molar-refractivity contribution in [2.75, 3.05) is 7.11 Å². The number of oxime groups is 1. The van der Waals surface area contributed by atoms with Crippen molar-refractivity contribution >= 4 is 11.3 Å². The van der Waals surface area contributed by atoms with E-state index in [0.717, 1.165) is 11.1 Å². The summed E-state index contributed by atoms with van der Waals surface area (Å²) >= 11 is 0. The second-order valence-electron chi connectivity index (χ2n) is 3.84. The summed E-state index contributed by atoms with van der Waals surface area (Å²) in [4.78, 5) is 0. The van der Waals surface area contributed by atoms with Crippen molar-refractivity contribution in [2.24, 2.45) is 5.16 Å². The highest BCUT2D eigenvalue weighted by molar-refractivity contribution is 6.09. The minimum absolute atomic E-state index is 0.330. The van der Waals surface area contributed by atoms with E-state index in [2.05, 4.69) is 11.2 Å². The Labute approximate surface area is 111 Å². The molecule has 2 rings (SSSR count). The second-order valence-corrected chi connectivity index (χ2v) is 3.84. The van der Waals surface area contributed by atoms with Gasteiger partial charge in [-0.05, 0) is 23.3 Å². The quantitative estimate of drug-likeness (QED) is 0.500. The minimum Gasteiger partial charge on any atom is -0.494 e. The fourth-order valence-electron chi connectivity index (χ4n) is 1.82. The molecule has 0 saturated heterocycles. The molecule has 19 heavy (non-hydrogen) atoms. The van der Waals surface area contributed by atoms with Gasteiger partial charge < -0.3 is 9.94 Å². The maximum absolute atomic E-state index is 9.32. The van der Waals surface area contributed by atoms with Crippen molar-refractivity contribution < 1.29 is 9.94 Å². The normalized spacial score (nSPS) is 18.7. The van der Waals surface area contributed by atoms with E-state index in [1.54, 1.807) is 18.2 Å². The molecule has 4 heteroatoms. The van der Waals surface area contributed by atoms with Gasteiger partial charge in [-0.15, -0.1) is 0 Å². The topological polar surface area (TPSA) is 65.6 Å². The smallest absolute Gasteiger partial charge is 0.148 e. The van der Waals surface area contributed by atoms with Gasteiger partial charge in [-0.2, -0.15) is 5.26 Å². The monoisotopic (exact) mass is 252 g/mol. The predicted molar refractivity (Wildman–Crippen MR) is 72.4 cm³/mol. The van der Waals surface area contributed by atoms with Crippen molar-refractivity contribution in [3.05, 3.63) is 65.5 Å². The molecule has 94 valence electrons. The summed E-state index contributed by atoms with van der Waals surface area (Å²) in [6.45, 7) is 0. The van der Waals surface area contributed by atoms with E-state index in [1.807, 2.05) is 30.3 Å². The molecule has 0 spiro atoms. The second kappa shape index (κ2) is 5.69. The van der Waals surface area contributed by atoms with Crippen LogP contribution in [0, 0.1) is 11.3 Å². The summed E-state index contributed by atoms with van der Waals surface area (Å²) in [6.07, 6.45) is 5.01. The van der Waals surface area contributed by atoms with Crippen LogP contribution in [0.5, 0.6) is 0 Å². The van der Waals surface area contributed by atoms with Gasteiger partial charge in [0.1, 0.15) is 17.5 Å². The van der Waals surface area contributed by atoms with Crippen LogP contribution < -0.4 is 0 Å². The van der Waals surface area contributed by atoms with Gasteiger partial charge in [-0.1, -0.05) is 41.6 Å². The van der Waals surface area contributed by atoms with E-state index in [-0.39, 0.29) is 0 Å². The third-order valence-electron chi connectivity index (χ3n) is 2.75. The van der Waals surface area contributed by atoms with Gasteiger partial charge in [-0.25, -0.2) is 0 Å². The maximum atomic E-state index is 9.32. The molecule has 1 aromatic rings. The zero-order chi connectivity index (χ0) is 13.7. The maximum Gasteiger partial charge on any atom is 0.148 e. The first kappa shape index (κ1) is 12.7. The van der Waals surface area contributed by atoms with E-state index in [1.165, 1.54) is 7.11 Å². The van der Waals surface area contributed by atoms with Gasteiger partial charge in [0.15, 0.2) is 0 Å². The fourth-order valence-corrected chi connectivity index (χ4v) is 1.82. The summed E-state index contributed by atoms with van der Waals surface area (Å²) in [6, 6.07) is 11.6. The number of nitriles is 1. The molecule has 0 aromatic heterocycles. The highest BCUT2D eigenvalue weighted by Gasteiger charge is 2.14. The summed E-state index contributed by atoms with van der Waals surface area (Å²) < 4.78 is 5.13. The molecule has 0 radical (unpaired) electrons. The van der Waals surface area contributed by atoms with E-state index < -0.39 is 0 Å². The largest absolute Gasteiger partial charge is 0.494 e. The zero-order valence-electron chi connectivity index (χ0n) is 10.4. The number of ether oxygens (including phenoxy) is 1. The first-order valence-corrected chi connectivity index (χ1v) is 5.66. The van der Waals surface area contributed by atoms with Crippen molar-refractivity contribution in [1.82, 2.24) is 0 Å². The van der Waals surface area contributed by atoms with Crippen molar-refractivity contribution in [3.8, 4) is 6.07 Å². The lowest BCUT2D eigenvalue weighted by Gasteiger charge is -2.11. The first-order valence-electron chi connectivity index (χ1n) is 5.66. The van der Waals surface area contributed by atoms with E-state index in [9.17, 15) is 5.26 Å². The Morgan fingerprint density at radius 2 is 2.00 bits per heavy atom. The summed E-state index contributed by atoms with van der Waals surface area (Å²) in [5, 5.41) is 21.3. The Morgan fingerprint density at radius 3 is 2.58 bits per heavy atom. The zero-order valence-corrected chi connectivity index (χ0v) is 10.4. The molecule has 1 aromatic carbocycles. The number of methoxy groups -OCH3 is 1. The summed E-state index contributed by atoms with van der Waals surface area (Å²) in [7, 11) is 1.49. The Morgan fingerprint density at radius 1 is 1.26 bits per heavy atom. The lowest BCUT2D eigenvalue weighted by Crippen LogP contribution is -2.06. The molecule has 0 amide bonds. The van der Waals surface area contributed by atoms with Gasteiger partial charge in [0.25, 0.3) is 0 Å². The number of rotatable bonds is 2. The van der Waals surface area contributed by atoms with Crippen LogP contribution in [0.1, 0.15) is 5.56 Å². The Kier molecular flexibility index (Phi) is 3.79. The number of hydrogen-bond acceptors (Lipinski definition) is 4. The van der Waals surface area contributed by atoms with Crippen LogP contribution in [0.4, 0.5) is 0 Å². The molecule has 0 bridgehead atoms. The average molecular weight is 252 g/mol. The van der Waals surface area contributed by atoms with Gasteiger partial charge in [0.05, 0.1) is 12.7 Å². The fraction of sp³-hybridized carbons (Fsp3) is 0.0667. The van der Waals surface area contributed by atoms with Crippen molar-refractivity contribution in [3.63, 3.8) is 0 Å². The first-order chi connectivity index (χ1) is 9.30. The summed E-state index contributed by atoms with van der Waals surface area (Å²) in [5.74, 6) is 0.420. The molecule has 0 aliphatic heterocycles. The molecule has 0 saturated carbocycles. The van der Waals surface area contributed by atoms with E-state index in [4.69, 9.17) is 9.94 Å². The molecular weight excluding hydrogens is 240 g/mol. The molecular formula is C15H12N2O2. The lowest BCUT2D eigenvalue weighted by molar-refractivity contribution is 0.295. The highest BCUT2D eigenvalue weighted by Crippen LogP contribution is 2.24. The standard InChI is InChI=1S/C15H12N2O2/c1-19-15-9-12(7-8-14(15)17-18)13(10-16)11-5-3-2-4-6-11/h2-9,18H,1H3/b13-12?,17-14-. The molecule has 1 N–H and O–H groups in total. The Bertz CT molecular complexity index is 632. The number of benzene rings is 1. The highest BCUT2D eigenvalue weighted by atomic mass is 16.5. The van der Waals surface area contributed by atoms with Crippen LogP contribution in [0.25, 0.3) is 5.57 Å². The lowest BCUT2D eigenvalue weighted by atomic mass is 9.97. The average Bonchev–Trinajstić information content (AvgIpc) is 2.49. The molecule has 4 nitrogen and oxygen atoms in total. The third-order valence-corrected chi connectivity index (χ3v) is 2.75.